The standard InChI is InChI=1S/C15H23NO3/c1-3-12(10-17)16-13(4-2)11-5-6-14-15(9-11)19-8-7-18-14/h5-6,9,12-13,16-17H,3-4,7-8,10H2,1-2H3. The van der Waals surface area contributed by atoms with Crippen LogP contribution in [-0.2, 0) is 0 Å². The lowest BCUT2D eigenvalue weighted by molar-refractivity contribution is 0.171. The molecule has 2 rings (SSSR count). The van der Waals surface area contributed by atoms with Gasteiger partial charge in [0, 0.05) is 12.1 Å². The highest BCUT2D eigenvalue weighted by molar-refractivity contribution is 5.44. The van der Waals surface area contributed by atoms with Gasteiger partial charge >= 0.3 is 0 Å². The van der Waals surface area contributed by atoms with Gasteiger partial charge in [0.15, 0.2) is 11.5 Å². The molecule has 2 N–H and O–H groups in total. The molecule has 0 fully saturated rings. The summed E-state index contributed by atoms with van der Waals surface area (Å²) in [4.78, 5) is 0. The summed E-state index contributed by atoms with van der Waals surface area (Å²) in [5.41, 5.74) is 1.18. The van der Waals surface area contributed by atoms with Gasteiger partial charge in [-0.05, 0) is 30.5 Å². The van der Waals surface area contributed by atoms with Crippen molar-refractivity contribution in [2.75, 3.05) is 19.8 Å². The molecule has 19 heavy (non-hydrogen) atoms. The molecule has 1 aromatic carbocycles. The summed E-state index contributed by atoms with van der Waals surface area (Å²) in [5.74, 6) is 1.64. The van der Waals surface area contributed by atoms with E-state index in [0.29, 0.717) is 13.2 Å². The van der Waals surface area contributed by atoms with Crippen molar-refractivity contribution in [3.05, 3.63) is 23.8 Å². The lowest BCUT2D eigenvalue weighted by Gasteiger charge is -2.25. The maximum atomic E-state index is 9.30. The van der Waals surface area contributed by atoms with Crippen LogP contribution in [0.5, 0.6) is 11.5 Å². The molecule has 2 atom stereocenters. The monoisotopic (exact) mass is 265 g/mol. The van der Waals surface area contributed by atoms with Crippen LogP contribution in [0.1, 0.15) is 38.3 Å². The Morgan fingerprint density at radius 3 is 2.53 bits per heavy atom. The SMILES string of the molecule is CCC(CO)NC(CC)c1ccc2c(c1)OCCO2. The first kappa shape index (κ1) is 14.2. The lowest BCUT2D eigenvalue weighted by atomic mass is 10.0. The van der Waals surface area contributed by atoms with Crippen LogP contribution >= 0.6 is 0 Å². The number of benzene rings is 1. The largest absolute Gasteiger partial charge is 0.486 e. The molecule has 0 spiro atoms. The molecule has 4 heteroatoms. The number of aliphatic hydroxyl groups is 1. The maximum absolute atomic E-state index is 9.30. The third-order valence-electron chi connectivity index (χ3n) is 3.53. The van der Waals surface area contributed by atoms with Crippen molar-refractivity contribution in [1.29, 1.82) is 0 Å². The molecule has 1 aliphatic heterocycles. The zero-order chi connectivity index (χ0) is 13.7. The van der Waals surface area contributed by atoms with Crippen LogP contribution in [0.15, 0.2) is 18.2 Å². The van der Waals surface area contributed by atoms with E-state index in [1.807, 2.05) is 12.1 Å². The van der Waals surface area contributed by atoms with E-state index in [1.165, 1.54) is 5.56 Å². The molecule has 4 nitrogen and oxygen atoms in total. The Hall–Kier alpha value is -1.26. The van der Waals surface area contributed by atoms with E-state index in [-0.39, 0.29) is 18.7 Å². The normalized spacial score (nSPS) is 17.0. The predicted molar refractivity (Wildman–Crippen MR) is 74.8 cm³/mol. The fourth-order valence-corrected chi connectivity index (χ4v) is 2.31. The molecular weight excluding hydrogens is 242 g/mol. The topological polar surface area (TPSA) is 50.7 Å². The minimum Gasteiger partial charge on any atom is -0.486 e. The van der Waals surface area contributed by atoms with Gasteiger partial charge in [0.1, 0.15) is 13.2 Å². The Kier molecular flexibility index (Phi) is 5.05. The van der Waals surface area contributed by atoms with Crippen LogP contribution < -0.4 is 14.8 Å². The number of ether oxygens (including phenoxy) is 2. The maximum Gasteiger partial charge on any atom is 0.161 e. The van der Waals surface area contributed by atoms with Crippen molar-refractivity contribution >= 4 is 0 Å². The number of nitrogens with one attached hydrogen (secondary N) is 1. The quantitative estimate of drug-likeness (QED) is 0.828. The van der Waals surface area contributed by atoms with Crippen molar-refractivity contribution in [3.8, 4) is 11.5 Å². The molecular formula is C15H23NO3. The molecule has 1 aromatic rings. The number of hydrogen-bond acceptors (Lipinski definition) is 4. The molecule has 0 aliphatic carbocycles. The highest BCUT2D eigenvalue weighted by Crippen LogP contribution is 2.33. The van der Waals surface area contributed by atoms with Crippen molar-refractivity contribution in [2.24, 2.45) is 0 Å². The number of rotatable bonds is 6. The minimum absolute atomic E-state index is 0.137. The summed E-state index contributed by atoms with van der Waals surface area (Å²) < 4.78 is 11.1. The van der Waals surface area contributed by atoms with E-state index in [4.69, 9.17) is 9.47 Å². The lowest BCUT2D eigenvalue weighted by Crippen LogP contribution is -2.35. The Labute approximate surface area is 114 Å². The van der Waals surface area contributed by atoms with E-state index in [2.05, 4.69) is 25.2 Å². The van der Waals surface area contributed by atoms with Gasteiger partial charge in [0.05, 0.1) is 6.61 Å². The van der Waals surface area contributed by atoms with Gasteiger partial charge in [-0.15, -0.1) is 0 Å². The van der Waals surface area contributed by atoms with Crippen molar-refractivity contribution < 1.29 is 14.6 Å². The van der Waals surface area contributed by atoms with E-state index in [1.54, 1.807) is 0 Å². The smallest absolute Gasteiger partial charge is 0.161 e. The predicted octanol–water partition coefficient (Wildman–Crippen LogP) is 2.27. The van der Waals surface area contributed by atoms with Gasteiger partial charge in [-0.1, -0.05) is 19.9 Å². The van der Waals surface area contributed by atoms with Crippen LogP contribution in [0.3, 0.4) is 0 Å². The van der Waals surface area contributed by atoms with Gasteiger partial charge in [-0.2, -0.15) is 0 Å². The second-order valence-corrected chi connectivity index (χ2v) is 4.82. The zero-order valence-corrected chi connectivity index (χ0v) is 11.7. The highest BCUT2D eigenvalue weighted by atomic mass is 16.6. The number of aliphatic hydroxyl groups excluding tert-OH is 1. The second kappa shape index (κ2) is 6.78. The summed E-state index contributed by atoms with van der Waals surface area (Å²) in [7, 11) is 0. The van der Waals surface area contributed by atoms with E-state index in [9.17, 15) is 5.11 Å². The summed E-state index contributed by atoms with van der Waals surface area (Å²) in [6.45, 7) is 5.60. The minimum atomic E-state index is 0.137. The van der Waals surface area contributed by atoms with Gasteiger partial charge in [0.2, 0.25) is 0 Å². The molecule has 0 radical (unpaired) electrons. The summed E-state index contributed by atoms with van der Waals surface area (Å²) in [5, 5.41) is 12.8. The van der Waals surface area contributed by atoms with Gasteiger partial charge in [0.25, 0.3) is 0 Å². The molecule has 2 unspecified atom stereocenters. The fraction of sp³-hybridized carbons (Fsp3) is 0.600. The molecule has 0 aromatic heterocycles. The summed E-state index contributed by atoms with van der Waals surface area (Å²) >= 11 is 0. The van der Waals surface area contributed by atoms with Crippen molar-refractivity contribution in [2.45, 2.75) is 38.8 Å². The molecule has 106 valence electrons. The third-order valence-corrected chi connectivity index (χ3v) is 3.53. The van der Waals surface area contributed by atoms with E-state index in [0.717, 1.165) is 24.3 Å². The first-order valence-electron chi connectivity index (χ1n) is 7.04. The van der Waals surface area contributed by atoms with E-state index >= 15 is 0 Å². The average molecular weight is 265 g/mol. The third kappa shape index (κ3) is 3.39. The zero-order valence-electron chi connectivity index (χ0n) is 11.7. The summed E-state index contributed by atoms with van der Waals surface area (Å²) in [6, 6.07) is 6.44. The molecule has 0 saturated heterocycles. The second-order valence-electron chi connectivity index (χ2n) is 4.82. The van der Waals surface area contributed by atoms with Gasteiger partial charge in [-0.25, -0.2) is 0 Å². The van der Waals surface area contributed by atoms with E-state index < -0.39 is 0 Å². The van der Waals surface area contributed by atoms with Crippen LogP contribution in [0.2, 0.25) is 0 Å². The fourth-order valence-electron chi connectivity index (χ4n) is 2.31. The van der Waals surface area contributed by atoms with Gasteiger partial charge < -0.3 is 19.9 Å². The van der Waals surface area contributed by atoms with Crippen LogP contribution in [0.25, 0.3) is 0 Å². The van der Waals surface area contributed by atoms with Crippen LogP contribution in [-0.4, -0.2) is 31.0 Å². The van der Waals surface area contributed by atoms with Crippen LogP contribution in [0, 0.1) is 0 Å². The number of fused-ring (bicyclic) bond motifs is 1. The molecule has 1 aliphatic rings. The molecule has 0 saturated carbocycles. The Morgan fingerprint density at radius 1 is 1.16 bits per heavy atom. The molecule has 0 amide bonds. The molecule has 0 bridgehead atoms. The first-order valence-corrected chi connectivity index (χ1v) is 7.04. The first-order chi connectivity index (χ1) is 9.28. The Bertz CT molecular complexity index is 404. The number of hydrogen-bond donors (Lipinski definition) is 2. The van der Waals surface area contributed by atoms with Crippen LogP contribution in [0.4, 0.5) is 0 Å². The summed E-state index contributed by atoms with van der Waals surface area (Å²) in [6.07, 6.45) is 1.88. The molecule has 1 heterocycles. The van der Waals surface area contributed by atoms with Crippen molar-refractivity contribution in [1.82, 2.24) is 5.32 Å². The van der Waals surface area contributed by atoms with Crippen molar-refractivity contribution in [3.63, 3.8) is 0 Å². The van der Waals surface area contributed by atoms with Gasteiger partial charge in [-0.3, -0.25) is 0 Å². The Balaban J connectivity index is 2.14. The highest BCUT2D eigenvalue weighted by Gasteiger charge is 2.17. The average Bonchev–Trinajstić information content (AvgIpc) is 2.48. The Morgan fingerprint density at radius 2 is 1.89 bits per heavy atom.